The average molecular weight is 409 g/mol. The highest BCUT2D eigenvalue weighted by Crippen LogP contribution is 2.21. The molecule has 1 aromatic heterocycles. The summed E-state index contributed by atoms with van der Waals surface area (Å²) in [6.07, 6.45) is -0.573. The summed E-state index contributed by atoms with van der Waals surface area (Å²) in [6, 6.07) is 13.8. The minimum atomic E-state index is -0.630. The normalized spacial score (nSPS) is 12.4. The Labute approximate surface area is 175 Å². The number of amides is 1. The van der Waals surface area contributed by atoms with Crippen LogP contribution in [0.3, 0.4) is 0 Å². The lowest BCUT2D eigenvalue weighted by atomic mass is 10.2. The third kappa shape index (κ3) is 4.79. The highest BCUT2D eigenvalue weighted by Gasteiger charge is 2.22. The van der Waals surface area contributed by atoms with Crippen molar-refractivity contribution in [3.63, 3.8) is 0 Å². The molecule has 0 aliphatic heterocycles. The first-order chi connectivity index (χ1) is 14.2. The van der Waals surface area contributed by atoms with Gasteiger partial charge in [0, 0.05) is 0 Å². The van der Waals surface area contributed by atoms with Crippen molar-refractivity contribution in [3.05, 3.63) is 64.7 Å². The first-order valence-corrected chi connectivity index (χ1v) is 9.94. The fraction of sp³-hybridized carbons (Fsp3) is 0.348. The topological polar surface area (TPSA) is 82.4 Å². The molecular formula is C23H27N3O4. The summed E-state index contributed by atoms with van der Waals surface area (Å²) < 4.78 is 12.4. The van der Waals surface area contributed by atoms with Crippen LogP contribution in [0.5, 0.6) is 5.75 Å². The number of para-hydroxylation sites is 1. The zero-order valence-corrected chi connectivity index (χ0v) is 17.9. The maximum atomic E-state index is 13.3. The number of nitrogens with one attached hydrogen (secondary N) is 1. The van der Waals surface area contributed by atoms with Crippen molar-refractivity contribution in [1.29, 1.82) is 0 Å². The molecule has 158 valence electrons. The second kappa shape index (κ2) is 8.57. The van der Waals surface area contributed by atoms with Gasteiger partial charge in [0.05, 0.1) is 29.2 Å². The summed E-state index contributed by atoms with van der Waals surface area (Å²) in [5.74, 6) is 1.12. The first-order valence-electron chi connectivity index (χ1n) is 9.94. The van der Waals surface area contributed by atoms with Gasteiger partial charge in [-0.05, 0) is 71.0 Å². The highest BCUT2D eigenvalue weighted by atomic mass is 16.6. The molecule has 3 rings (SSSR count). The molecule has 0 unspecified atom stereocenters. The van der Waals surface area contributed by atoms with Crippen LogP contribution in [-0.2, 0) is 4.74 Å². The Hall–Kier alpha value is -3.35. The number of hydrogen-bond acceptors (Lipinski definition) is 5. The van der Waals surface area contributed by atoms with Crippen LogP contribution in [0.1, 0.15) is 46.5 Å². The molecular weight excluding hydrogens is 382 g/mol. The van der Waals surface area contributed by atoms with Crippen molar-refractivity contribution in [2.45, 2.75) is 46.3 Å². The van der Waals surface area contributed by atoms with E-state index in [4.69, 9.17) is 9.47 Å². The molecule has 7 heteroatoms. The molecule has 0 fully saturated rings. The lowest BCUT2D eigenvalue weighted by molar-refractivity contribution is 0.0505. The van der Waals surface area contributed by atoms with Crippen LogP contribution >= 0.6 is 0 Å². The SMILES string of the molecule is CCOc1ccc(-n2c([C@@H](C)NC(=O)OC(C)(C)C)nc3ccccc3c2=O)cc1. The monoisotopic (exact) mass is 409 g/mol. The molecule has 1 heterocycles. The number of fused-ring (bicyclic) bond motifs is 1. The molecule has 0 aliphatic carbocycles. The molecule has 2 aromatic carbocycles. The van der Waals surface area contributed by atoms with Gasteiger partial charge in [0.15, 0.2) is 0 Å². The molecule has 7 nitrogen and oxygen atoms in total. The van der Waals surface area contributed by atoms with Gasteiger partial charge in [-0.1, -0.05) is 12.1 Å². The Morgan fingerprint density at radius 2 is 1.80 bits per heavy atom. The van der Waals surface area contributed by atoms with Gasteiger partial charge in [-0.3, -0.25) is 9.36 Å². The van der Waals surface area contributed by atoms with E-state index in [1.165, 1.54) is 4.57 Å². The van der Waals surface area contributed by atoms with Crippen LogP contribution in [0, 0.1) is 0 Å². The second-order valence-corrected chi connectivity index (χ2v) is 7.92. The number of benzene rings is 2. The molecule has 0 saturated heterocycles. The number of carbonyl (C=O) groups is 1. The van der Waals surface area contributed by atoms with Crippen LogP contribution in [0.2, 0.25) is 0 Å². The van der Waals surface area contributed by atoms with Crippen molar-refractivity contribution in [2.75, 3.05) is 6.61 Å². The van der Waals surface area contributed by atoms with Crippen molar-refractivity contribution in [3.8, 4) is 11.4 Å². The van der Waals surface area contributed by atoms with E-state index in [0.717, 1.165) is 0 Å². The minimum absolute atomic E-state index is 0.211. The standard InChI is InChI=1S/C23H27N3O4/c1-6-29-17-13-11-16(12-14-17)26-20(15(2)24-22(28)30-23(3,4)5)25-19-10-8-7-9-18(19)21(26)27/h7-15H,6H2,1-5H3,(H,24,28)/t15-/m1/s1. The smallest absolute Gasteiger partial charge is 0.408 e. The Morgan fingerprint density at radius 1 is 1.13 bits per heavy atom. The molecule has 0 spiro atoms. The number of ether oxygens (including phenoxy) is 2. The van der Waals surface area contributed by atoms with Gasteiger partial charge in [0.1, 0.15) is 17.2 Å². The van der Waals surface area contributed by atoms with Crippen molar-refractivity contribution in [2.24, 2.45) is 0 Å². The molecule has 1 atom stereocenters. The maximum Gasteiger partial charge on any atom is 0.408 e. The molecule has 1 N–H and O–H groups in total. The summed E-state index contributed by atoms with van der Waals surface area (Å²) in [5.41, 5.74) is 0.361. The maximum absolute atomic E-state index is 13.3. The summed E-state index contributed by atoms with van der Waals surface area (Å²) >= 11 is 0. The summed E-state index contributed by atoms with van der Waals surface area (Å²) in [7, 11) is 0. The van der Waals surface area contributed by atoms with Crippen molar-refractivity contribution in [1.82, 2.24) is 14.9 Å². The molecule has 0 saturated carbocycles. The van der Waals surface area contributed by atoms with E-state index in [0.29, 0.717) is 34.8 Å². The zero-order valence-electron chi connectivity index (χ0n) is 17.9. The molecule has 0 radical (unpaired) electrons. The van der Waals surface area contributed by atoms with Gasteiger partial charge in [-0.25, -0.2) is 9.78 Å². The van der Waals surface area contributed by atoms with Gasteiger partial charge >= 0.3 is 6.09 Å². The van der Waals surface area contributed by atoms with Gasteiger partial charge in [0.25, 0.3) is 5.56 Å². The Bertz CT molecular complexity index is 1100. The largest absolute Gasteiger partial charge is 0.494 e. The minimum Gasteiger partial charge on any atom is -0.494 e. The summed E-state index contributed by atoms with van der Waals surface area (Å²) in [5, 5.41) is 3.28. The highest BCUT2D eigenvalue weighted by molar-refractivity contribution is 5.78. The number of nitrogens with zero attached hydrogens (tertiary/aromatic N) is 2. The average Bonchev–Trinajstić information content (AvgIpc) is 2.67. The quantitative estimate of drug-likeness (QED) is 0.677. The molecule has 0 bridgehead atoms. The Morgan fingerprint density at radius 3 is 2.43 bits per heavy atom. The van der Waals surface area contributed by atoms with E-state index in [-0.39, 0.29) is 5.56 Å². The number of alkyl carbamates (subject to hydrolysis) is 1. The number of aromatic nitrogens is 2. The van der Waals surface area contributed by atoms with E-state index in [9.17, 15) is 9.59 Å². The van der Waals surface area contributed by atoms with Gasteiger partial charge < -0.3 is 14.8 Å². The van der Waals surface area contributed by atoms with Crippen LogP contribution in [-0.4, -0.2) is 27.9 Å². The lowest BCUT2D eigenvalue weighted by Crippen LogP contribution is -2.36. The number of hydrogen-bond donors (Lipinski definition) is 1. The molecule has 3 aromatic rings. The third-order valence-corrected chi connectivity index (χ3v) is 4.33. The predicted octanol–water partition coefficient (Wildman–Crippen LogP) is 4.37. The van der Waals surface area contributed by atoms with Crippen molar-refractivity contribution < 1.29 is 14.3 Å². The molecule has 0 aliphatic rings. The second-order valence-electron chi connectivity index (χ2n) is 7.92. The van der Waals surface area contributed by atoms with Gasteiger partial charge in [-0.15, -0.1) is 0 Å². The number of carbonyl (C=O) groups excluding carboxylic acids is 1. The van der Waals surface area contributed by atoms with E-state index in [2.05, 4.69) is 10.3 Å². The number of rotatable bonds is 5. The fourth-order valence-corrected chi connectivity index (χ4v) is 3.10. The van der Waals surface area contributed by atoms with E-state index in [1.807, 2.05) is 13.0 Å². The summed E-state index contributed by atoms with van der Waals surface area (Å²) in [4.78, 5) is 30.3. The van der Waals surface area contributed by atoms with E-state index >= 15 is 0 Å². The van der Waals surface area contributed by atoms with Gasteiger partial charge in [-0.2, -0.15) is 0 Å². The van der Waals surface area contributed by atoms with Crippen LogP contribution < -0.4 is 15.6 Å². The van der Waals surface area contributed by atoms with Gasteiger partial charge in [0.2, 0.25) is 0 Å². The van der Waals surface area contributed by atoms with E-state index < -0.39 is 17.7 Å². The van der Waals surface area contributed by atoms with E-state index in [1.54, 1.807) is 70.2 Å². The zero-order chi connectivity index (χ0) is 21.9. The van der Waals surface area contributed by atoms with Crippen LogP contribution in [0.4, 0.5) is 4.79 Å². The summed E-state index contributed by atoms with van der Waals surface area (Å²) in [6.45, 7) is 9.61. The van der Waals surface area contributed by atoms with Crippen molar-refractivity contribution >= 4 is 17.0 Å². The van der Waals surface area contributed by atoms with Crippen LogP contribution in [0.25, 0.3) is 16.6 Å². The lowest BCUT2D eigenvalue weighted by Gasteiger charge is -2.23. The third-order valence-electron chi connectivity index (χ3n) is 4.33. The Kier molecular flexibility index (Phi) is 6.10. The Balaban J connectivity index is 2.09. The first kappa shape index (κ1) is 21.4. The predicted molar refractivity (Wildman–Crippen MR) is 116 cm³/mol. The molecule has 30 heavy (non-hydrogen) atoms. The fourth-order valence-electron chi connectivity index (χ4n) is 3.10. The molecule has 1 amide bonds. The van der Waals surface area contributed by atoms with Crippen LogP contribution in [0.15, 0.2) is 53.3 Å².